The summed E-state index contributed by atoms with van der Waals surface area (Å²) in [6, 6.07) is 7.25. The predicted molar refractivity (Wildman–Crippen MR) is 122 cm³/mol. The lowest BCUT2D eigenvalue weighted by Gasteiger charge is -2.31. The summed E-state index contributed by atoms with van der Waals surface area (Å²) < 4.78 is 42.6. The van der Waals surface area contributed by atoms with Crippen LogP contribution >= 0.6 is 0 Å². The minimum Gasteiger partial charge on any atom is -0.411 e. The molecular formula is C23H29FN4O4S. The number of piperidine rings is 1. The fourth-order valence-corrected chi connectivity index (χ4v) is 6.46. The summed E-state index contributed by atoms with van der Waals surface area (Å²) in [7, 11) is -1.93. The molecule has 1 fully saturated rings. The van der Waals surface area contributed by atoms with E-state index in [0.717, 1.165) is 32.5 Å². The first-order chi connectivity index (χ1) is 15.8. The highest BCUT2D eigenvalue weighted by Crippen LogP contribution is 2.27. The summed E-state index contributed by atoms with van der Waals surface area (Å²) in [5, 5.41) is 12.7. The molecule has 0 atom stereocenters. The van der Waals surface area contributed by atoms with Crippen LogP contribution in [0.15, 0.2) is 46.6 Å². The Labute approximate surface area is 193 Å². The number of nitrogens with zero attached hydrogens (tertiary/aromatic N) is 4. The van der Waals surface area contributed by atoms with Gasteiger partial charge in [-0.3, -0.25) is 4.79 Å². The monoisotopic (exact) mass is 476 g/mol. The Morgan fingerprint density at radius 1 is 1.12 bits per heavy atom. The number of hydrogen-bond acceptors (Lipinski definition) is 6. The van der Waals surface area contributed by atoms with Crippen LogP contribution in [0.3, 0.4) is 0 Å². The molecule has 0 spiro atoms. The van der Waals surface area contributed by atoms with Crippen molar-refractivity contribution in [3.63, 3.8) is 0 Å². The lowest BCUT2D eigenvalue weighted by molar-refractivity contribution is 0.0838. The fourth-order valence-electron chi connectivity index (χ4n) is 4.74. The van der Waals surface area contributed by atoms with Crippen molar-refractivity contribution < 1.29 is 22.8 Å². The number of halogens is 1. The van der Waals surface area contributed by atoms with Gasteiger partial charge in [0.2, 0.25) is 10.0 Å². The average molecular weight is 477 g/mol. The number of benzene rings is 1. The second kappa shape index (κ2) is 9.74. The number of aromatic nitrogens is 1. The Hall–Kier alpha value is -2.56. The third kappa shape index (κ3) is 4.87. The van der Waals surface area contributed by atoms with E-state index in [-0.39, 0.29) is 29.0 Å². The van der Waals surface area contributed by atoms with Crippen LogP contribution in [0, 0.1) is 11.7 Å². The van der Waals surface area contributed by atoms with Gasteiger partial charge in [0.15, 0.2) is 5.78 Å². The molecular weight excluding hydrogens is 447 g/mol. The first kappa shape index (κ1) is 23.6. The molecule has 3 heterocycles. The number of likely N-dealkylation sites (tertiary alicyclic amines) is 1. The molecule has 178 valence electrons. The molecule has 4 rings (SSSR count). The highest BCUT2D eigenvalue weighted by atomic mass is 32.2. The molecule has 33 heavy (non-hydrogen) atoms. The minimum atomic E-state index is -3.67. The Morgan fingerprint density at radius 2 is 1.82 bits per heavy atom. The van der Waals surface area contributed by atoms with Crippen molar-refractivity contribution in [2.75, 3.05) is 32.7 Å². The molecule has 1 N–H and O–H groups in total. The smallest absolute Gasteiger partial charge is 0.245 e. The highest BCUT2D eigenvalue weighted by Gasteiger charge is 2.34. The molecule has 2 aliphatic heterocycles. The molecule has 1 aromatic carbocycles. The number of Topliss-reactive ketones (excluding diaryl/α,β-unsaturated/α-hetero) is 1. The van der Waals surface area contributed by atoms with Crippen LogP contribution in [0.4, 0.5) is 4.39 Å². The quantitative estimate of drug-likeness (QED) is 0.393. The normalized spacial score (nSPS) is 21.1. The second-order valence-corrected chi connectivity index (χ2v) is 10.6. The molecule has 1 saturated heterocycles. The Bertz CT molecular complexity index is 1140. The number of carbonyl (C=O) groups is 1. The second-order valence-electron chi connectivity index (χ2n) is 8.68. The van der Waals surface area contributed by atoms with Crippen LogP contribution in [-0.4, -0.2) is 71.6 Å². The van der Waals surface area contributed by atoms with E-state index in [1.165, 1.54) is 28.6 Å². The molecule has 8 nitrogen and oxygen atoms in total. The SMILES string of the molecule is Cn1ccc2c1/C(=N/O)CCN(CCCN1CCC(C(=O)c3ccc(F)cc3)CC1)S2(=O)=O. The van der Waals surface area contributed by atoms with E-state index in [9.17, 15) is 22.8 Å². The van der Waals surface area contributed by atoms with Crippen molar-refractivity contribution in [2.45, 2.75) is 30.6 Å². The zero-order valence-electron chi connectivity index (χ0n) is 18.7. The largest absolute Gasteiger partial charge is 0.411 e. The molecule has 0 saturated carbocycles. The topological polar surface area (TPSA) is 95.2 Å². The highest BCUT2D eigenvalue weighted by molar-refractivity contribution is 7.89. The van der Waals surface area contributed by atoms with Crippen molar-refractivity contribution >= 4 is 21.5 Å². The van der Waals surface area contributed by atoms with E-state index >= 15 is 0 Å². The third-order valence-electron chi connectivity index (χ3n) is 6.61. The summed E-state index contributed by atoms with van der Waals surface area (Å²) in [6.07, 6.45) is 4.15. The van der Waals surface area contributed by atoms with E-state index in [1.54, 1.807) is 23.9 Å². The third-order valence-corrected chi connectivity index (χ3v) is 8.54. The molecule has 2 aromatic rings. The van der Waals surface area contributed by atoms with E-state index in [2.05, 4.69) is 10.1 Å². The minimum absolute atomic E-state index is 0.0605. The van der Waals surface area contributed by atoms with Gasteiger partial charge in [0.05, 0.1) is 5.69 Å². The van der Waals surface area contributed by atoms with E-state index in [4.69, 9.17) is 0 Å². The molecule has 1 aromatic heterocycles. The Kier molecular flexibility index (Phi) is 6.96. The maximum atomic E-state index is 13.2. The number of aryl methyl sites for hydroxylation is 1. The maximum absolute atomic E-state index is 13.2. The van der Waals surface area contributed by atoms with Gasteiger partial charge in [-0.2, -0.15) is 4.31 Å². The van der Waals surface area contributed by atoms with E-state index in [0.29, 0.717) is 36.4 Å². The molecule has 0 aliphatic carbocycles. The van der Waals surface area contributed by atoms with Crippen LogP contribution in [0.2, 0.25) is 0 Å². The van der Waals surface area contributed by atoms with Crippen molar-refractivity contribution in [3.05, 3.63) is 53.6 Å². The van der Waals surface area contributed by atoms with Gasteiger partial charge in [-0.1, -0.05) is 5.16 Å². The zero-order chi connectivity index (χ0) is 23.6. The van der Waals surface area contributed by atoms with Crippen LogP contribution in [0.5, 0.6) is 0 Å². The molecule has 0 radical (unpaired) electrons. The summed E-state index contributed by atoms with van der Waals surface area (Å²) in [5.74, 6) is -0.355. The predicted octanol–water partition coefficient (Wildman–Crippen LogP) is 2.72. The van der Waals surface area contributed by atoms with Gasteiger partial charge in [0.1, 0.15) is 16.4 Å². The Morgan fingerprint density at radius 3 is 2.48 bits per heavy atom. The summed E-state index contributed by atoms with van der Waals surface area (Å²) in [5.41, 5.74) is 1.36. The average Bonchev–Trinajstić information content (AvgIpc) is 3.16. The van der Waals surface area contributed by atoms with E-state index < -0.39 is 10.0 Å². The van der Waals surface area contributed by atoms with Crippen molar-refractivity contribution in [1.82, 2.24) is 13.8 Å². The number of hydrogen-bond donors (Lipinski definition) is 1. The van der Waals surface area contributed by atoms with Crippen molar-refractivity contribution in [3.8, 4) is 0 Å². The molecule has 0 bridgehead atoms. The van der Waals surface area contributed by atoms with E-state index in [1.807, 2.05) is 0 Å². The van der Waals surface area contributed by atoms with Crippen LogP contribution in [-0.2, 0) is 17.1 Å². The van der Waals surface area contributed by atoms with Gasteiger partial charge in [-0.05, 0) is 69.2 Å². The van der Waals surface area contributed by atoms with Crippen LogP contribution in [0.25, 0.3) is 0 Å². The van der Waals surface area contributed by atoms with Gasteiger partial charge in [-0.15, -0.1) is 0 Å². The lowest BCUT2D eigenvalue weighted by Crippen LogP contribution is -2.39. The first-order valence-electron chi connectivity index (χ1n) is 11.2. The zero-order valence-corrected chi connectivity index (χ0v) is 19.5. The van der Waals surface area contributed by atoms with Crippen molar-refractivity contribution in [2.24, 2.45) is 18.1 Å². The molecule has 0 amide bonds. The maximum Gasteiger partial charge on any atom is 0.245 e. The lowest BCUT2D eigenvalue weighted by atomic mass is 9.89. The number of sulfonamides is 1. The van der Waals surface area contributed by atoms with Crippen LogP contribution < -0.4 is 0 Å². The molecule has 0 unspecified atom stereocenters. The standard InChI is InChI=1S/C23H29FN4O4S/c1-26-13-10-21-22(26)20(25-30)9-16-28(33(21,31)32)12-2-11-27-14-7-18(8-15-27)23(29)17-3-5-19(24)6-4-17/h3-6,10,13,18,30H,2,7-9,11-12,14-16H2,1H3/b25-20+. The van der Waals surface area contributed by atoms with Gasteiger partial charge in [0.25, 0.3) is 0 Å². The fraction of sp³-hybridized carbons (Fsp3) is 0.478. The van der Waals surface area contributed by atoms with Gasteiger partial charge in [0, 0.05) is 44.2 Å². The van der Waals surface area contributed by atoms with Crippen molar-refractivity contribution in [1.29, 1.82) is 0 Å². The molecule has 2 aliphatic rings. The van der Waals surface area contributed by atoms with Gasteiger partial charge < -0.3 is 14.7 Å². The Balaban J connectivity index is 1.30. The summed E-state index contributed by atoms with van der Waals surface area (Å²) in [6.45, 7) is 2.93. The number of fused-ring (bicyclic) bond motifs is 1. The van der Waals surface area contributed by atoms with Crippen LogP contribution in [0.1, 0.15) is 41.7 Å². The number of ketones is 1. The van der Waals surface area contributed by atoms with Gasteiger partial charge in [-0.25, -0.2) is 12.8 Å². The summed E-state index contributed by atoms with van der Waals surface area (Å²) >= 11 is 0. The van der Waals surface area contributed by atoms with Gasteiger partial charge >= 0.3 is 0 Å². The molecule has 10 heteroatoms. The summed E-state index contributed by atoms with van der Waals surface area (Å²) in [4.78, 5) is 15.1. The number of rotatable bonds is 6. The number of carbonyl (C=O) groups excluding carboxylic acids is 1. The number of oxime groups is 1. The first-order valence-corrected chi connectivity index (χ1v) is 12.6.